The van der Waals surface area contributed by atoms with Crippen molar-refractivity contribution < 1.29 is 14.3 Å². The van der Waals surface area contributed by atoms with E-state index in [-0.39, 0.29) is 18.3 Å². The quantitative estimate of drug-likeness (QED) is 0.606. The molecule has 0 aliphatic carbocycles. The highest BCUT2D eigenvalue weighted by Gasteiger charge is 2.38. The Morgan fingerprint density at radius 2 is 2.18 bits per heavy atom. The summed E-state index contributed by atoms with van der Waals surface area (Å²) in [5.41, 5.74) is -0.491. The number of nitrogens with zero attached hydrogens (tertiary/aromatic N) is 2. The van der Waals surface area contributed by atoms with Gasteiger partial charge in [-0.25, -0.2) is 4.79 Å². The topological polar surface area (TPSA) is 64.0 Å². The molecule has 0 aromatic carbocycles. The summed E-state index contributed by atoms with van der Waals surface area (Å²) >= 11 is 0. The molecule has 0 saturated carbocycles. The lowest BCUT2D eigenvalue weighted by molar-refractivity contribution is -0.0901. The molecule has 2 unspecified atom stereocenters. The zero-order valence-electron chi connectivity index (χ0n) is 14.0. The van der Waals surface area contributed by atoms with Crippen LogP contribution in [0, 0.1) is 12.3 Å². The number of hydrogen-bond donors (Lipinski definition) is 1. The number of likely N-dealkylation sites (N-methyl/N-ethyl adjacent to an activating group) is 1. The molecule has 3 atom stereocenters. The summed E-state index contributed by atoms with van der Waals surface area (Å²) in [4.78, 5) is 15.8. The average molecular weight is 309 g/mol. The van der Waals surface area contributed by atoms with Crippen LogP contribution >= 0.6 is 0 Å². The number of carbonyl (C=O) groups excluding carboxylic acids is 1. The highest BCUT2D eigenvalue weighted by atomic mass is 16.6. The van der Waals surface area contributed by atoms with Gasteiger partial charge in [-0.1, -0.05) is 5.92 Å². The van der Waals surface area contributed by atoms with E-state index in [4.69, 9.17) is 15.9 Å². The van der Waals surface area contributed by atoms with Crippen molar-refractivity contribution in [1.29, 1.82) is 0 Å². The smallest absolute Gasteiger partial charge is 0.410 e. The minimum atomic E-state index is -0.491. The monoisotopic (exact) mass is 309 g/mol. The van der Waals surface area contributed by atoms with Crippen LogP contribution in [0.2, 0.25) is 0 Å². The Morgan fingerprint density at radius 3 is 2.73 bits per heavy atom. The zero-order valence-corrected chi connectivity index (χ0v) is 14.0. The van der Waals surface area contributed by atoms with Gasteiger partial charge in [0, 0.05) is 32.7 Å². The van der Waals surface area contributed by atoms with Gasteiger partial charge in [0.1, 0.15) is 5.60 Å². The van der Waals surface area contributed by atoms with Crippen LogP contribution in [0.15, 0.2) is 0 Å². The predicted octanol–water partition coefficient (Wildman–Crippen LogP) is 0.528. The standard InChI is InChI=1S/C16H27N3O3/c1-6-7-19-10-12(21-14(11-19)13-8-17-13)9-18(5)15(20)22-16(2,3)4/h1,12-14,17H,7-11H2,2-5H3/t12-,13?,14?/m0/s1. The Hall–Kier alpha value is -1.29. The fourth-order valence-corrected chi connectivity index (χ4v) is 2.58. The second-order valence-electron chi connectivity index (χ2n) is 7.07. The molecule has 1 N–H and O–H groups in total. The van der Waals surface area contributed by atoms with Gasteiger partial charge in [0.15, 0.2) is 0 Å². The largest absolute Gasteiger partial charge is 0.444 e. The fraction of sp³-hybridized carbons (Fsp3) is 0.812. The van der Waals surface area contributed by atoms with Crippen LogP contribution in [-0.2, 0) is 9.47 Å². The lowest BCUT2D eigenvalue weighted by Gasteiger charge is -2.38. The first kappa shape index (κ1) is 17.1. The summed E-state index contributed by atoms with van der Waals surface area (Å²) in [5, 5.41) is 3.29. The molecule has 2 fully saturated rings. The number of ether oxygens (including phenoxy) is 2. The van der Waals surface area contributed by atoms with Crippen molar-refractivity contribution in [3.8, 4) is 12.3 Å². The Bertz CT molecular complexity index is 437. The second-order valence-corrected chi connectivity index (χ2v) is 7.07. The Labute approximate surface area is 133 Å². The van der Waals surface area contributed by atoms with E-state index in [1.807, 2.05) is 20.8 Å². The Balaban J connectivity index is 1.89. The Kier molecular flexibility index (Phi) is 5.32. The van der Waals surface area contributed by atoms with Crippen LogP contribution in [-0.4, -0.2) is 79.5 Å². The van der Waals surface area contributed by atoms with Crippen molar-refractivity contribution in [3.63, 3.8) is 0 Å². The number of nitrogens with one attached hydrogen (secondary N) is 1. The molecule has 2 aliphatic heterocycles. The van der Waals surface area contributed by atoms with Gasteiger partial charge in [0.2, 0.25) is 0 Å². The average Bonchev–Trinajstić information content (AvgIpc) is 3.20. The van der Waals surface area contributed by atoms with E-state index in [1.165, 1.54) is 0 Å². The first-order valence-corrected chi connectivity index (χ1v) is 7.77. The molecule has 124 valence electrons. The Morgan fingerprint density at radius 1 is 1.50 bits per heavy atom. The predicted molar refractivity (Wildman–Crippen MR) is 84.6 cm³/mol. The third kappa shape index (κ3) is 5.16. The lowest BCUT2D eigenvalue weighted by atomic mass is 10.1. The summed E-state index contributed by atoms with van der Waals surface area (Å²) in [6.45, 7) is 9.26. The third-order valence-electron chi connectivity index (χ3n) is 3.65. The molecule has 2 heterocycles. The molecule has 22 heavy (non-hydrogen) atoms. The molecular formula is C16H27N3O3. The summed E-state index contributed by atoms with van der Waals surface area (Å²) in [6, 6.07) is 0.412. The number of hydrogen-bond acceptors (Lipinski definition) is 5. The van der Waals surface area contributed by atoms with E-state index in [2.05, 4.69) is 16.1 Å². The number of amides is 1. The van der Waals surface area contributed by atoms with Gasteiger partial charge in [-0.2, -0.15) is 0 Å². The van der Waals surface area contributed by atoms with Gasteiger partial charge in [0.05, 0.1) is 25.3 Å². The van der Waals surface area contributed by atoms with E-state index in [1.54, 1.807) is 11.9 Å². The third-order valence-corrected chi connectivity index (χ3v) is 3.65. The normalized spacial score (nSPS) is 28.8. The van der Waals surface area contributed by atoms with E-state index >= 15 is 0 Å². The molecule has 0 aromatic rings. The van der Waals surface area contributed by atoms with E-state index in [9.17, 15) is 4.79 Å². The maximum absolute atomic E-state index is 12.1. The number of morpholine rings is 1. The molecule has 0 spiro atoms. The van der Waals surface area contributed by atoms with E-state index in [0.717, 1.165) is 19.6 Å². The second kappa shape index (κ2) is 6.86. The maximum Gasteiger partial charge on any atom is 0.410 e. The first-order chi connectivity index (χ1) is 10.3. The van der Waals surface area contributed by atoms with Crippen molar-refractivity contribution >= 4 is 6.09 Å². The van der Waals surface area contributed by atoms with Crippen molar-refractivity contribution in [3.05, 3.63) is 0 Å². The highest BCUT2D eigenvalue weighted by molar-refractivity contribution is 5.67. The van der Waals surface area contributed by atoms with Gasteiger partial charge in [-0.15, -0.1) is 6.42 Å². The molecule has 0 aromatic heterocycles. The molecule has 2 rings (SSSR count). The fourth-order valence-electron chi connectivity index (χ4n) is 2.58. The van der Waals surface area contributed by atoms with Crippen molar-refractivity contribution in [2.75, 3.05) is 39.8 Å². The first-order valence-electron chi connectivity index (χ1n) is 7.77. The molecule has 6 heteroatoms. The number of carbonyl (C=O) groups is 1. The van der Waals surface area contributed by atoms with Gasteiger partial charge in [-0.3, -0.25) is 4.90 Å². The summed E-state index contributed by atoms with van der Waals surface area (Å²) < 4.78 is 11.5. The summed E-state index contributed by atoms with van der Waals surface area (Å²) in [5.74, 6) is 2.69. The summed E-state index contributed by atoms with van der Waals surface area (Å²) in [6.07, 6.45) is 5.19. The minimum Gasteiger partial charge on any atom is -0.444 e. The van der Waals surface area contributed by atoms with Crippen LogP contribution in [0.25, 0.3) is 0 Å². The molecular weight excluding hydrogens is 282 g/mol. The van der Waals surface area contributed by atoms with Crippen LogP contribution < -0.4 is 5.32 Å². The van der Waals surface area contributed by atoms with E-state index < -0.39 is 5.60 Å². The summed E-state index contributed by atoms with van der Waals surface area (Å²) in [7, 11) is 1.74. The van der Waals surface area contributed by atoms with Gasteiger partial charge < -0.3 is 19.7 Å². The van der Waals surface area contributed by atoms with Gasteiger partial charge in [0.25, 0.3) is 0 Å². The number of rotatable bonds is 4. The van der Waals surface area contributed by atoms with Crippen molar-refractivity contribution in [2.24, 2.45) is 0 Å². The van der Waals surface area contributed by atoms with Crippen molar-refractivity contribution in [2.45, 2.75) is 44.6 Å². The highest BCUT2D eigenvalue weighted by Crippen LogP contribution is 2.19. The molecule has 2 saturated heterocycles. The minimum absolute atomic E-state index is 0.0491. The molecule has 6 nitrogen and oxygen atoms in total. The van der Waals surface area contributed by atoms with Crippen LogP contribution in [0.4, 0.5) is 4.79 Å². The van der Waals surface area contributed by atoms with E-state index in [0.29, 0.717) is 19.1 Å². The lowest BCUT2D eigenvalue weighted by Crippen LogP contribution is -2.53. The SMILES string of the molecule is C#CCN1CC(C2CN2)O[C@@H](CN(C)C(=O)OC(C)(C)C)C1. The zero-order chi connectivity index (χ0) is 16.3. The van der Waals surface area contributed by atoms with Crippen LogP contribution in [0.3, 0.4) is 0 Å². The molecule has 1 amide bonds. The van der Waals surface area contributed by atoms with Gasteiger partial charge in [-0.05, 0) is 20.8 Å². The molecule has 0 radical (unpaired) electrons. The van der Waals surface area contributed by atoms with Crippen LogP contribution in [0.5, 0.6) is 0 Å². The molecule has 2 aliphatic rings. The maximum atomic E-state index is 12.1. The number of terminal acetylenes is 1. The van der Waals surface area contributed by atoms with Crippen molar-refractivity contribution in [1.82, 2.24) is 15.1 Å². The van der Waals surface area contributed by atoms with Crippen LogP contribution in [0.1, 0.15) is 20.8 Å². The van der Waals surface area contributed by atoms with Gasteiger partial charge >= 0.3 is 6.09 Å². The molecule has 0 bridgehead atoms.